The summed E-state index contributed by atoms with van der Waals surface area (Å²) < 4.78 is 18.9. The van der Waals surface area contributed by atoms with Gasteiger partial charge in [-0.25, -0.2) is 4.39 Å². The molecule has 1 fully saturated rings. The van der Waals surface area contributed by atoms with Crippen molar-refractivity contribution in [3.63, 3.8) is 0 Å². The second kappa shape index (κ2) is 7.51. The molecule has 0 amide bonds. The van der Waals surface area contributed by atoms with Gasteiger partial charge in [0.05, 0.1) is 18.8 Å². The minimum absolute atomic E-state index is 0.296. The fraction of sp³-hybridized carbons (Fsp3) is 0.600. The van der Waals surface area contributed by atoms with Crippen molar-refractivity contribution in [1.82, 2.24) is 10.2 Å². The Morgan fingerprint density at radius 1 is 1.43 bits per heavy atom. The fourth-order valence-corrected chi connectivity index (χ4v) is 2.68. The molecule has 1 saturated heterocycles. The number of rotatable bonds is 6. The molecule has 0 radical (unpaired) electrons. The van der Waals surface area contributed by atoms with Gasteiger partial charge < -0.3 is 15.2 Å². The van der Waals surface area contributed by atoms with Crippen LogP contribution in [0.1, 0.15) is 12.5 Å². The highest BCUT2D eigenvalue weighted by molar-refractivity contribution is 6.31. The van der Waals surface area contributed by atoms with Crippen molar-refractivity contribution in [1.29, 1.82) is 0 Å². The zero-order chi connectivity index (χ0) is 15.3. The lowest BCUT2D eigenvalue weighted by molar-refractivity contribution is -0.0219. The van der Waals surface area contributed by atoms with Gasteiger partial charge in [0.25, 0.3) is 0 Å². The van der Waals surface area contributed by atoms with Crippen molar-refractivity contribution in [3.05, 3.63) is 34.6 Å². The zero-order valence-electron chi connectivity index (χ0n) is 12.2. The van der Waals surface area contributed by atoms with E-state index in [4.69, 9.17) is 16.3 Å². The molecule has 118 valence electrons. The number of nitrogens with zero attached hydrogens (tertiary/aromatic N) is 1. The predicted octanol–water partition coefficient (Wildman–Crippen LogP) is 1.65. The second-order valence-corrected chi connectivity index (χ2v) is 6.10. The van der Waals surface area contributed by atoms with E-state index in [-0.39, 0.29) is 5.82 Å². The Labute approximate surface area is 129 Å². The second-order valence-electron chi connectivity index (χ2n) is 5.69. The molecule has 1 aliphatic heterocycles. The van der Waals surface area contributed by atoms with Gasteiger partial charge in [-0.2, -0.15) is 0 Å². The van der Waals surface area contributed by atoms with Crippen molar-refractivity contribution in [3.8, 4) is 0 Å². The number of morpholine rings is 1. The monoisotopic (exact) mass is 316 g/mol. The first-order valence-corrected chi connectivity index (χ1v) is 7.52. The van der Waals surface area contributed by atoms with Crippen LogP contribution in [0.25, 0.3) is 0 Å². The maximum atomic E-state index is 13.6. The lowest BCUT2D eigenvalue weighted by Gasteiger charge is -2.34. The first-order chi connectivity index (χ1) is 9.98. The fourth-order valence-electron chi connectivity index (χ4n) is 2.45. The lowest BCUT2D eigenvalue weighted by atomic mass is 10.1. The molecule has 1 aliphatic rings. The third-order valence-corrected chi connectivity index (χ3v) is 3.89. The summed E-state index contributed by atoms with van der Waals surface area (Å²) in [6, 6.07) is 4.62. The van der Waals surface area contributed by atoms with Crippen LogP contribution in [0.4, 0.5) is 4.39 Å². The summed E-state index contributed by atoms with van der Waals surface area (Å²) in [5.41, 5.74) is -0.448. The third-order valence-electron chi connectivity index (χ3n) is 3.54. The summed E-state index contributed by atoms with van der Waals surface area (Å²) in [6.07, 6.45) is 0. The minimum Gasteiger partial charge on any atom is -0.388 e. The lowest BCUT2D eigenvalue weighted by Crippen LogP contribution is -2.50. The van der Waals surface area contributed by atoms with Crippen LogP contribution in [0.2, 0.25) is 5.02 Å². The van der Waals surface area contributed by atoms with Crippen LogP contribution in [-0.2, 0) is 11.3 Å². The van der Waals surface area contributed by atoms with E-state index in [1.54, 1.807) is 19.1 Å². The smallest absolute Gasteiger partial charge is 0.129 e. The van der Waals surface area contributed by atoms with Gasteiger partial charge in [-0.05, 0) is 19.1 Å². The number of nitrogens with one attached hydrogen (secondary N) is 1. The summed E-state index contributed by atoms with van der Waals surface area (Å²) >= 11 is 5.97. The average molecular weight is 317 g/mol. The highest BCUT2D eigenvalue weighted by atomic mass is 35.5. The van der Waals surface area contributed by atoms with E-state index in [2.05, 4.69) is 10.2 Å². The molecular weight excluding hydrogens is 295 g/mol. The summed E-state index contributed by atoms with van der Waals surface area (Å²) in [4.78, 5) is 2.17. The number of ether oxygens (including phenoxy) is 1. The molecule has 2 N–H and O–H groups in total. The Balaban J connectivity index is 1.81. The van der Waals surface area contributed by atoms with E-state index >= 15 is 0 Å². The molecule has 0 aliphatic carbocycles. The van der Waals surface area contributed by atoms with Crippen LogP contribution in [0.15, 0.2) is 18.2 Å². The topological polar surface area (TPSA) is 44.7 Å². The molecule has 0 aromatic heterocycles. The molecule has 21 heavy (non-hydrogen) atoms. The van der Waals surface area contributed by atoms with Gasteiger partial charge in [0.2, 0.25) is 0 Å². The maximum absolute atomic E-state index is 13.6. The van der Waals surface area contributed by atoms with E-state index in [9.17, 15) is 9.50 Å². The summed E-state index contributed by atoms with van der Waals surface area (Å²) in [6.45, 7) is 6.07. The Morgan fingerprint density at radius 2 is 2.14 bits per heavy atom. The Morgan fingerprint density at radius 3 is 2.81 bits per heavy atom. The average Bonchev–Trinajstić information content (AvgIpc) is 2.42. The quantitative estimate of drug-likeness (QED) is 0.838. The summed E-state index contributed by atoms with van der Waals surface area (Å²) in [5, 5.41) is 13.9. The first-order valence-electron chi connectivity index (χ1n) is 7.14. The highest BCUT2D eigenvalue weighted by Gasteiger charge is 2.25. The molecule has 0 bridgehead atoms. The van der Waals surface area contributed by atoms with Crippen LogP contribution in [-0.4, -0.2) is 55.0 Å². The van der Waals surface area contributed by atoms with Gasteiger partial charge in [0, 0.05) is 43.3 Å². The van der Waals surface area contributed by atoms with Crippen molar-refractivity contribution < 1.29 is 14.2 Å². The number of β-amino-alcohol motifs (C(OH)–C–C–N with tert-alkyl or cyclic N) is 1. The zero-order valence-corrected chi connectivity index (χ0v) is 13.0. The SMILES string of the molecule is CC(O)(CNCc1c(F)cccc1Cl)CN1CCOCC1. The summed E-state index contributed by atoms with van der Waals surface area (Å²) in [7, 11) is 0. The van der Waals surface area contributed by atoms with Crippen molar-refractivity contribution in [2.24, 2.45) is 0 Å². The highest BCUT2D eigenvalue weighted by Crippen LogP contribution is 2.18. The van der Waals surface area contributed by atoms with Crippen molar-refractivity contribution in [2.45, 2.75) is 19.1 Å². The molecular formula is C15H22ClFN2O2. The number of hydrogen-bond acceptors (Lipinski definition) is 4. The van der Waals surface area contributed by atoms with Crippen LogP contribution in [0.5, 0.6) is 0 Å². The molecule has 6 heteroatoms. The van der Waals surface area contributed by atoms with Gasteiger partial charge in [-0.15, -0.1) is 0 Å². The Bertz CT molecular complexity index is 445. The summed E-state index contributed by atoms with van der Waals surface area (Å²) in [5.74, 6) is -0.331. The first kappa shape index (κ1) is 16.6. The number of benzene rings is 1. The Kier molecular flexibility index (Phi) is 5.96. The van der Waals surface area contributed by atoms with Gasteiger partial charge in [-0.3, -0.25) is 4.90 Å². The molecule has 1 heterocycles. The van der Waals surface area contributed by atoms with Gasteiger partial charge in [0.15, 0.2) is 0 Å². The van der Waals surface area contributed by atoms with E-state index in [1.807, 2.05) is 0 Å². The van der Waals surface area contributed by atoms with E-state index in [0.717, 1.165) is 13.1 Å². The minimum atomic E-state index is -0.880. The van der Waals surface area contributed by atoms with Crippen LogP contribution in [0.3, 0.4) is 0 Å². The number of halogens is 2. The standard InChI is InChI=1S/C15H22ClFN2O2/c1-15(20,11-19-5-7-21-8-6-19)10-18-9-12-13(16)3-2-4-14(12)17/h2-4,18,20H,5-11H2,1H3. The molecule has 0 saturated carbocycles. The molecule has 4 nitrogen and oxygen atoms in total. The van der Waals surface area contributed by atoms with Gasteiger partial charge in [0.1, 0.15) is 5.82 Å². The van der Waals surface area contributed by atoms with Gasteiger partial charge in [-0.1, -0.05) is 17.7 Å². The maximum Gasteiger partial charge on any atom is 0.129 e. The Hall–Kier alpha value is -0.720. The van der Waals surface area contributed by atoms with Crippen LogP contribution < -0.4 is 5.32 Å². The normalized spacial score (nSPS) is 19.4. The van der Waals surface area contributed by atoms with Crippen molar-refractivity contribution in [2.75, 3.05) is 39.4 Å². The van der Waals surface area contributed by atoms with E-state index < -0.39 is 5.60 Å². The molecule has 1 atom stereocenters. The third kappa shape index (κ3) is 5.20. The number of aliphatic hydroxyl groups is 1. The van der Waals surface area contributed by atoms with Crippen LogP contribution >= 0.6 is 11.6 Å². The van der Waals surface area contributed by atoms with Gasteiger partial charge >= 0.3 is 0 Å². The number of hydrogen-bond donors (Lipinski definition) is 2. The largest absolute Gasteiger partial charge is 0.388 e. The van der Waals surface area contributed by atoms with Crippen LogP contribution in [0, 0.1) is 5.82 Å². The molecule has 1 aromatic carbocycles. The molecule has 1 aromatic rings. The molecule has 1 unspecified atom stereocenters. The molecule has 0 spiro atoms. The van der Waals surface area contributed by atoms with Crippen molar-refractivity contribution >= 4 is 11.6 Å². The van der Waals surface area contributed by atoms with E-state index in [1.165, 1.54) is 6.07 Å². The van der Waals surface area contributed by atoms with E-state index in [0.29, 0.717) is 43.4 Å². The predicted molar refractivity (Wildman–Crippen MR) is 81.0 cm³/mol. The molecule has 2 rings (SSSR count).